The molecule has 1 fully saturated rings. The first-order chi connectivity index (χ1) is 12.8. The fourth-order valence-electron chi connectivity index (χ4n) is 2.86. The highest BCUT2D eigenvalue weighted by Crippen LogP contribution is 2.31. The summed E-state index contributed by atoms with van der Waals surface area (Å²) in [6, 6.07) is 4.87. The lowest BCUT2D eigenvalue weighted by Crippen LogP contribution is -2.50. The first kappa shape index (κ1) is 20.5. The molecular weight excluding hydrogens is 352 g/mol. The molecule has 1 aliphatic heterocycles. The molecule has 0 aliphatic carbocycles. The van der Waals surface area contributed by atoms with Crippen LogP contribution >= 0.6 is 0 Å². The lowest BCUT2D eigenvalue weighted by Gasteiger charge is -2.21. The zero-order chi connectivity index (χ0) is 20.2. The van der Waals surface area contributed by atoms with Gasteiger partial charge in [-0.05, 0) is 26.5 Å². The molecule has 4 amide bonds. The fraction of sp³-hybridized carbons (Fsp3) is 0.500. The Morgan fingerprint density at radius 2 is 2.00 bits per heavy atom. The van der Waals surface area contributed by atoms with E-state index in [-0.39, 0.29) is 6.54 Å². The molecule has 0 bridgehead atoms. The topological polar surface area (TPSA) is 100 Å². The second-order valence-electron chi connectivity index (χ2n) is 6.62. The molecular formula is C18H26N4O5. The van der Waals surface area contributed by atoms with E-state index in [0.717, 1.165) is 10.6 Å². The number of nitrogens with one attached hydrogen (secondary N) is 2. The number of carbonyl (C=O) groups is 3. The number of hydrogen-bond acceptors (Lipinski definition) is 6. The van der Waals surface area contributed by atoms with Gasteiger partial charge in [0, 0.05) is 12.1 Å². The molecule has 2 N–H and O–H groups in total. The van der Waals surface area contributed by atoms with E-state index >= 15 is 0 Å². The van der Waals surface area contributed by atoms with Crippen LogP contribution in [-0.4, -0.2) is 61.1 Å². The minimum Gasteiger partial charge on any atom is -0.493 e. The molecule has 1 aromatic rings. The molecule has 1 aliphatic rings. The number of urea groups is 1. The summed E-state index contributed by atoms with van der Waals surface area (Å²) in [4.78, 5) is 38.3. The van der Waals surface area contributed by atoms with Crippen LogP contribution in [0.15, 0.2) is 18.2 Å². The van der Waals surface area contributed by atoms with Crippen LogP contribution in [0.25, 0.3) is 0 Å². The number of amides is 4. The van der Waals surface area contributed by atoms with Gasteiger partial charge < -0.3 is 14.8 Å². The Bertz CT molecular complexity index is 738. The van der Waals surface area contributed by atoms with E-state index in [4.69, 9.17) is 9.47 Å². The van der Waals surface area contributed by atoms with Gasteiger partial charge in [0.1, 0.15) is 5.54 Å². The summed E-state index contributed by atoms with van der Waals surface area (Å²) in [7, 11) is 4.86. The Balaban J connectivity index is 1.99. The normalized spacial score (nSPS) is 19.3. The smallest absolute Gasteiger partial charge is 0.344 e. The largest absolute Gasteiger partial charge is 0.493 e. The van der Waals surface area contributed by atoms with Gasteiger partial charge in [-0.3, -0.25) is 19.9 Å². The number of carbonyl (C=O) groups excluding carboxylic acids is 3. The first-order valence-electron chi connectivity index (χ1n) is 8.60. The molecule has 9 heteroatoms. The molecule has 1 atom stereocenters. The number of para-hydroxylation sites is 1. The highest BCUT2D eigenvalue weighted by atomic mass is 16.5. The van der Waals surface area contributed by atoms with Gasteiger partial charge in [-0.15, -0.1) is 0 Å². The molecule has 0 spiro atoms. The van der Waals surface area contributed by atoms with E-state index in [1.165, 1.54) is 0 Å². The molecule has 2 rings (SSSR count). The van der Waals surface area contributed by atoms with Crippen molar-refractivity contribution in [3.63, 3.8) is 0 Å². The number of imide groups is 1. The fourth-order valence-corrected chi connectivity index (χ4v) is 2.86. The van der Waals surface area contributed by atoms with Crippen molar-refractivity contribution in [1.82, 2.24) is 20.7 Å². The van der Waals surface area contributed by atoms with Crippen molar-refractivity contribution < 1.29 is 23.9 Å². The zero-order valence-corrected chi connectivity index (χ0v) is 16.3. The molecule has 0 saturated carbocycles. The minimum atomic E-state index is -0.996. The van der Waals surface area contributed by atoms with Crippen molar-refractivity contribution in [3.8, 4) is 11.5 Å². The number of benzene rings is 1. The summed E-state index contributed by atoms with van der Waals surface area (Å²) in [6.45, 7) is 3.82. The monoisotopic (exact) mass is 378 g/mol. The number of likely N-dealkylation sites (N-methyl/N-ethyl adjacent to an activating group) is 1. The van der Waals surface area contributed by atoms with Gasteiger partial charge in [0.05, 0.1) is 20.8 Å². The van der Waals surface area contributed by atoms with Crippen molar-refractivity contribution in [2.24, 2.45) is 0 Å². The number of hydrogen-bond donors (Lipinski definition) is 2. The van der Waals surface area contributed by atoms with Gasteiger partial charge in [-0.25, -0.2) is 4.79 Å². The Morgan fingerprint density at radius 3 is 2.56 bits per heavy atom. The Morgan fingerprint density at radius 1 is 1.30 bits per heavy atom. The van der Waals surface area contributed by atoms with Crippen molar-refractivity contribution >= 4 is 17.8 Å². The maximum absolute atomic E-state index is 12.3. The summed E-state index contributed by atoms with van der Waals surface area (Å²) >= 11 is 0. The van der Waals surface area contributed by atoms with Crippen LogP contribution in [0, 0.1) is 0 Å². The van der Waals surface area contributed by atoms with Crippen molar-refractivity contribution in [2.75, 3.05) is 27.8 Å². The summed E-state index contributed by atoms with van der Waals surface area (Å²) < 4.78 is 10.7. The maximum atomic E-state index is 12.3. The van der Waals surface area contributed by atoms with Crippen molar-refractivity contribution in [1.29, 1.82) is 0 Å². The zero-order valence-electron chi connectivity index (χ0n) is 16.3. The molecule has 1 unspecified atom stereocenters. The highest BCUT2D eigenvalue weighted by molar-refractivity contribution is 6.07. The van der Waals surface area contributed by atoms with E-state index in [9.17, 15) is 14.4 Å². The van der Waals surface area contributed by atoms with Crippen LogP contribution in [0.2, 0.25) is 0 Å². The lowest BCUT2D eigenvalue weighted by molar-refractivity contribution is -0.139. The molecule has 1 aromatic carbocycles. The Kier molecular flexibility index (Phi) is 6.27. The van der Waals surface area contributed by atoms with Gasteiger partial charge in [0.15, 0.2) is 11.5 Å². The van der Waals surface area contributed by atoms with Crippen LogP contribution in [0.3, 0.4) is 0 Å². The van der Waals surface area contributed by atoms with Gasteiger partial charge in [-0.1, -0.05) is 19.1 Å². The average Bonchev–Trinajstić information content (AvgIpc) is 2.85. The quantitative estimate of drug-likeness (QED) is 0.652. The second-order valence-corrected chi connectivity index (χ2v) is 6.62. The van der Waals surface area contributed by atoms with Gasteiger partial charge >= 0.3 is 6.03 Å². The third-order valence-corrected chi connectivity index (χ3v) is 4.54. The van der Waals surface area contributed by atoms with Crippen LogP contribution in [0.4, 0.5) is 4.79 Å². The van der Waals surface area contributed by atoms with Crippen molar-refractivity contribution in [3.05, 3.63) is 23.8 Å². The predicted molar refractivity (Wildman–Crippen MR) is 98.1 cm³/mol. The van der Waals surface area contributed by atoms with Gasteiger partial charge in [0.2, 0.25) is 0 Å². The minimum absolute atomic E-state index is 0.0136. The van der Waals surface area contributed by atoms with Crippen LogP contribution in [0.5, 0.6) is 11.5 Å². The third kappa shape index (κ3) is 4.30. The molecule has 27 heavy (non-hydrogen) atoms. The summed E-state index contributed by atoms with van der Waals surface area (Å²) in [5.74, 6) is 0.259. The van der Waals surface area contributed by atoms with Crippen LogP contribution < -0.4 is 20.2 Å². The average molecular weight is 378 g/mol. The molecule has 0 radical (unpaired) electrons. The second kappa shape index (κ2) is 8.26. The van der Waals surface area contributed by atoms with Gasteiger partial charge in [-0.2, -0.15) is 5.01 Å². The van der Waals surface area contributed by atoms with E-state index in [0.29, 0.717) is 24.5 Å². The predicted octanol–water partition coefficient (Wildman–Crippen LogP) is 0.887. The molecule has 1 heterocycles. The molecule has 1 saturated heterocycles. The number of hydrazine groups is 1. The van der Waals surface area contributed by atoms with E-state index < -0.39 is 23.4 Å². The summed E-state index contributed by atoms with van der Waals surface area (Å²) in [6.07, 6.45) is 0.430. The molecule has 9 nitrogen and oxygen atoms in total. The molecule has 148 valence electrons. The van der Waals surface area contributed by atoms with E-state index in [1.807, 2.05) is 12.1 Å². The standard InChI is InChI=1S/C18H26N4O5/c1-6-18(2)16(24)22(17(25)19-18)20-14(23)11-21(3)10-12-8-7-9-13(26-4)15(12)27-5/h7-9H,6,10-11H2,1-5H3,(H,19,25)(H,20,23). The van der Waals surface area contributed by atoms with E-state index in [1.54, 1.807) is 46.1 Å². The third-order valence-electron chi connectivity index (χ3n) is 4.54. The van der Waals surface area contributed by atoms with Crippen LogP contribution in [0.1, 0.15) is 25.8 Å². The lowest BCUT2D eigenvalue weighted by atomic mass is 10.00. The SMILES string of the molecule is CCC1(C)NC(=O)N(NC(=O)CN(C)Cc2cccc(OC)c2OC)C1=O. The summed E-state index contributed by atoms with van der Waals surface area (Å²) in [5.41, 5.74) is 2.22. The van der Waals surface area contributed by atoms with E-state index in [2.05, 4.69) is 10.7 Å². The number of ether oxygens (including phenoxy) is 2. The highest BCUT2D eigenvalue weighted by Gasteiger charge is 2.47. The van der Waals surface area contributed by atoms with Gasteiger partial charge in [0.25, 0.3) is 11.8 Å². The first-order valence-corrected chi connectivity index (χ1v) is 8.60. The molecule has 0 aromatic heterocycles. The summed E-state index contributed by atoms with van der Waals surface area (Å²) in [5, 5.41) is 3.33. The maximum Gasteiger partial charge on any atom is 0.344 e. The number of nitrogens with zero attached hydrogens (tertiary/aromatic N) is 2. The van der Waals surface area contributed by atoms with Crippen LogP contribution in [-0.2, 0) is 16.1 Å². The Hall–Kier alpha value is -2.81. The Labute approximate surface area is 158 Å². The van der Waals surface area contributed by atoms with Crippen molar-refractivity contribution in [2.45, 2.75) is 32.4 Å². The number of methoxy groups -OCH3 is 2. The number of rotatable bonds is 8.